The van der Waals surface area contributed by atoms with E-state index in [4.69, 9.17) is 4.99 Å². The van der Waals surface area contributed by atoms with Crippen LogP contribution in [0.1, 0.15) is 22.3 Å². The zero-order valence-electron chi connectivity index (χ0n) is 15.8. The van der Waals surface area contributed by atoms with E-state index in [1.54, 1.807) is 11.8 Å². The summed E-state index contributed by atoms with van der Waals surface area (Å²) >= 11 is 1.70. The zero-order chi connectivity index (χ0) is 19.2. The Kier molecular flexibility index (Phi) is 4.80. The molecule has 0 saturated carbocycles. The Morgan fingerprint density at radius 2 is 1.81 bits per heavy atom. The van der Waals surface area contributed by atoms with E-state index in [1.165, 1.54) is 22.3 Å². The van der Waals surface area contributed by atoms with E-state index < -0.39 is 9.84 Å². The largest absolute Gasteiger partial charge is 0.315 e. The van der Waals surface area contributed by atoms with Crippen LogP contribution in [0.3, 0.4) is 0 Å². The van der Waals surface area contributed by atoms with Crippen molar-refractivity contribution < 1.29 is 8.42 Å². The standard InChI is InChI=1S/C21H24N2O2S2/c1-14-8-9-18(10-16(14)3)23-20-13-27(24,25)12-19(20)22-21(23)26-11-17-7-5-4-6-15(17)2/h4-10,19-20H,11-13H2,1-3H3/t19-,20-/m0/s1. The zero-order valence-corrected chi connectivity index (χ0v) is 17.5. The van der Waals surface area contributed by atoms with Crippen molar-refractivity contribution in [3.8, 4) is 0 Å². The fourth-order valence-electron chi connectivity index (χ4n) is 3.72. The number of anilines is 1. The Bertz CT molecular complexity index is 1010. The molecule has 6 heteroatoms. The van der Waals surface area contributed by atoms with Crippen molar-refractivity contribution in [3.63, 3.8) is 0 Å². The van der Waals surface area contributed by atoms with Crippen LogP contribution in [0, 0.1) is 20.8 Å². The van der Waals surface area contributed by atoms with Crippen LogP contribution < -0.4 is 4.90 Å². The van der Waals surface area contributed by atoms with Crippen LogP contribution >= 0.6 is 11.8 Å². The van der Waals surface area contributed by atoms with Crippen LogP contribution in [0.25, 0.3) is 0 Å². The molecule has 2 aromatic carbocycles. The second kappa shape index (κ2) is 6.99. The van der Waals surface area contributed by atoms with E-state index in [0.717, 1.165) is 16.6 Å². The molecule has 0 aromatic heterocycles. The van der Waals surface area contributed by atoms with E-state index in [-0.39, 0.29) is 23.6 Å². The number of benzene rings is 2. The number of hydrogen-bond acceptors (Lipinski definition) is 5. The topological polar surface area (TPSA) is 49.7 Å². The van der Waals surface area contributed by atoms with Crippen LogP contribution in [-0.4, -0.2) is 37.2 Å². The maximum atomic E-state index is 12.2. The first-order chi connectivity index (χ1) is 12.8. The van der Waals surface area contributed by atoms with E-state index in [2.05, 4.69) is 62.1 Å². The van der Waals surface area contributed by atoms with Gasteiger partial charge in [0, 0.05) is 11.4 Å². The molecule has 0 bridgehead atoms. The second-order valence-corrected chi connectivity index (χ2v) is 10.6. The number of sulfone groups is 1. The number of nitrogens with zero attached hydrogens (tertiary/aromatic N) is 2. The maximum absolute atomic E-state index is 12.2. The van der Waals surface area contributed by atoms with Gasteiger partial charge in [-0.3, -0.25) is 4.99 Å². The van der Waals surface area contributed by atoms with Crippen LogP contribution in [-0.2, 0) is 15.6 Å². The van der Waals surface area contributed by atoms with Gasteiger partial charge in [0.05, 0.1) is 23.6 Å². The van der Waals surface area contributed by atoms with Gasteiger partial charge in [-0.25, -0.2) is 8.42 Å². The first kappa shape index (κ1) is 18.6. The van der Waals surface area contributed by atoms with Crippen molar-refractivity contribution in [2.45, 2.75) is 38.6 Å². The number of rotatable bonds is 3. The van der Waals surface area contributed by atoms with Crippen molar-refractivity contribution in [1.82, 2.24) is 0 Å². The summed E-state index contributed by atoms with van der Waals surface area (Å²) in [5.74, 6) is 1.18. The summed E-state index contributed by atoms with van der Waals surface area (Å²) in [4.78, 5) is 6.98. The number of thioether (sulfide) groups is 1. The molecule has 0 unspecified atom stereocenters. The van der Waals surface area contributed by atoms with Gasteiger partial charge in [-0.05, 0) is 55.2 Å². The summed E-state index contributed by atoms with van der Waals surface area (Å²) in [6.45, 7) is 6.30. The summed E-state index contributed by atoms with van der Waals surface area (Å²) in [6, 6.07) is 14.5. The number of hydrogen-bond donors (Lipinski definition) is 0. The first-order valence-corrected chi connectivity index (χ1v) is 12.0. The molecule has 2 aliphatic heterocycles. The van der Waals surface area contributed by atoms with E-state index in [0.29, 0.717) is 0 Å². The lowest BCUT2D eigenvalue weighted by Gasteiger charge is -2.27. The molecule has 4 nitrogen and oxygen atoms in total. The van der Waals surface area contributed by atoms with Gasteiger partial charge in [-0.2, -0.15) is 0 Å². The molecule has 0 amide bonds. The van der Waals surface area contributed by atoms with Gasteiger partial charge in [0.25, 0.3) is 0 Å². The van der Waals surface area contributed by atoms with Gasteiger partial charge in [0.1, 0.15) is 0 Å². The quantitative estimate of drug-likeness (QED) is 0.784. The Morgan fingerprint density at radius 3 is 2.56 bits per heavy atom. The summed E-state index contributed by atoms with van der Waals surface area (Å²) in [5, 5.41) is 0.936. The fraction of sp³-hybridized carbons (Fsp3) is 0.381. The molecule has 142 valence electrons. The van der Waals surface area contributed by atoms with Gasteiger partial charge in [0.2, 0.25) is 0 Å². The molecule has 1 saturated heterocycles. The fourth-order valence-corrected chi connectivity index (χ4v) is 6.77. The van der Waals surface area contributed by atoms with E-state index in [9.17, 15) is 8.42 Å². The lowest BCUT2D eigenvalue weighted by Crippen LogP contribution is -2.39. The Labute approximate surface area is 165 Å². The van der Waals surface area contributed by atoms with Crippen LogP contribution in [0.15, 0.2) is 47.5 Å². The molecular weight excluding hydrogens is 376 g/mol. The van der Waals surface area contributed by atoms with Gasteiger partial charge in [0.15, 0.2) is 15.0 Å². The summed E-state index contributed by atoms with van der Waals surface area (Å²) in [6.07, 6.45) is 0. The predicted molar refractivity (Wildman–Crippen MR) is 115 cm³/mol. The van der Waals surface area contributed by atoms with E-state index >= 15 is 0 Å². The van der Waals surface area contributed by atoms with Crippen molar-refractivity contribution in [2.24, 2.45) is 4.99 Å². The number of aryl methyl sites for hydroxylation is 3. The molecular formula is C21H24N2O2S2. The molecule has 0 N–H and O–H groups in total. The molecule has 2 heterocycles. The molecule has 27 heavy (non-hydrogen) atoms. The van der Waals surface area contributed by atoms with Gasteiger partial charge >= 0.3 is 0 Å². The highest BCUT2D eigenvalue weighted by Gasteiger charge is 2.47. The lowest BCUT2D eigenvalue weighted by atomic mass is 10.1. The third-order valence-electron chi connectivity index (χ3n) is 5.49. The molecule has 0 spiro atoms. The average molecular weight is 401 g/mol. The van der Waals surface area contributed by atoms with Crippen molar-refractivity contribution in [2.75, 3.05) is 16.4 Å². The minimum absolute atomic E-state index is 0.0866. The Hall–Kier alpha value is -1.79. The maximum Gasteiger partial charge on any atom is 0.164 e. The molecule has 2 aromatic rings. The number of amidine groups is 1. The number of aliphatic imine (C=N–C) groups is 1. The third-order valence-corrected chi connectivity index (χ3v) is 8.21. The van der Waals surface area contributed by atoms with Gasteiger partial charge in [-0.1, -0.05) is 42.1 Å². The highest BCUT2D eigenvalue weighted by Crippen LogP contribution is 2.36. The summed E-state index contributed by atoms with van der Waals surface area (Å²) in [7, 11) is -3.02. The predicted octanol–water partition coefficient (Wildman–Crippen LogP) is 3.89. The molecule has 0 radical (unpaired) electrons. The second-order valence-electron chi connectivity index (χ2n) is 7.48. The average Bonchev–Trinajstić information content (AvgIpc) is 3.08. The van der Waals surface area contributed by atoms with E-state index in [1.807, 2.05) is 6.07 Å². The van der Waals surface area contributed by atoms with Crippen LogP contribution in [0.5, 0.6) is 0 Å². The molecule has 1 fully saturated rings. The SMILES string of the molecule is Cc1ccc(N2C(SCc3ccccc3C)=N[C@H]3CS(=O)(=O)C[C@@H]32)cc1C. The molecule has 2 atom stereocenters. The monoisotopic (exact) mass is 400 g/mol. The highest BCUT2D eigenvalue weighted by atomic mass is 32.2. The number of fused-ring (bicyclic) bond motifs is 1. The summed E-state index contributed by atoms with van der Waals surface area (Å²) in [5.41, 5.74) is 6.04. The lowest BCUT2D eigenvalue weighted by molar-refractivity contribution is 0.601. The van der Waals surface area contributed by atoms with Crippen molar-refractivity contribution >= 4 is 32.5 Å². The third kappa shape index (κ3) is 3.65. The molecule has 0 aliphatic carbocycles. The smallest absolute Gasteiger partial charge is 0.164 e. The molecule has 4 rings (SSSR count). The minimum Gasteiger partial charge on any atom is -0.315 e. The normalized spacial score (nSPS) is 23.4. The molecule has 2 aliphatic rings. The Morgan fingerprint density at radius 1 is 1.04 bits per heavy atom. The van der Waals surface area contributed by atoms with Crippen LogP contribution in [0.4, 0.5) is 5.69 Å². The highest BCUT2D eigenvalue weighted by molar-refractivity contribution is 8.13. The van der Waals surface area contributed by atoms with Crippen LogP contribution in [0.2, 0.25) is 0 Å². The Balaban J connectivity index is 1.65. The first-order valence-electron chi connectivity index (χ1n) is 9.16. The minimum atomic E-state index is -3.02. The van der Waals surface area contributed by atoms with Gasteiger partial charge < -0.3 is 4.90 Å². The summed E-state index contributed by atoms with van der Waals surface area (Å²) < 4.78 is 24.3. The van der Waals surface area contributed by atoms with Crippen molar-refractivity contribution in [3.05, 3.63) is 64.7 Å². The van der Waals surface area contributed by atoms with Crippen molar-refractivity contribution in [1.29, 1.82) is 0 Å². The van der Waals surface area contributed by atoms with Gasteiger partial charge in [-0.15, -0.1) is 0 Å².